The van der Waals surface area contributed by atoms with Gasteiger partial charge in [-0.25, -0.2) is 9.37 Å². The van der Waals surface area contributed by atoms with Gasteiger partial charge in [-0.05, 0) is 48.1 Å². The highest BCUT2D eigenvalue weighted by molar-refractivity contribution is 14.0. The van der Waals surface area contributed by atoms with E-state index in [1.807, 2.05) is 12.1 Å². The fraction of sp³-hybridized carbons (Fsp3) is 0.333. The minimum absolute atomic E-state index is 0. The lowest BCUT2D eigenvalue weighted by Crippen LogP contribution is -2.37. The molecular formula is C18H24FIN4OS. The fourth-order valence-corrected chi connectivity index (χ4v) is 2.93. The molecule has 0 aliphatic carbocycles. The number of aromatic nitrogens is 1. The van der Waals surface area contributed by atoms with E-state index >= 15 is 0 Å². The second-order valence-corrected chi connectivity index (χ2v) is 6.38. The second-order valence-electron chi connectivity index (χ2n) is 5.21. The Kier molecular flexibility index (Phi) is 11.0. The molecule has 8 heteroatoms. The number of nitrogens with zero attached hydrogens (tertiary/aromatic N) is 2. The molecule has 0 aliphatic rings. The number of halogens is 2. The number of guanidine groups is 1. The van der Waals surface area contributed by atoms with Crippen molar-refractivity contribution in [2.75, 3.05) is 26.5 Å². The quantitative estimate of drug-likeness (QED) is 0.194. The number of thioether (sulfide) groups is 1. The normalized spacial score (nSPS) is 10.8. The Labute approximate surface area is 175 Å². The summed E-state index contributed by atoms with van der Waals surface area (Å²) < 4.78 is 18.0. The maximum absolute atomic E-state index is 12.8. The maximum Gasteiger partial charge on any atom is 0.213 e. The summed E-state index contributed by atoms with van der Waals surface area (Å²) in [5, 5.41) is 6.54. The van der Waals surface area contributed by atoms with Gasteiger partial charge in [-0.3, -0.25) is 4.99 Å². The molecule has 0 spiro atoms. The van der Waals surface area contributed by atoms with Crippen LogP contribution >= 0.6 is 35.7 Å². The average Bonchev–Trinajstić information content (AvgIpc) is 2.65. The number of hydrogen-bond donors (Lipinski definition) is 2. The topological polar surface area (TPSA) is 58.5 Å². The van der Waals surface area contributed by atoms with Crippen LogP contribution in [0.15, 0.2) is 52.5 Å². The van der Waals surface area contributed by atoms with Crippen LogP contribution in [0.1, 0.15) is 12.0 Å². The van der Waals surface area contributed by atoms with Crippen LogP contribution < -0.4 is 15.4 Å². The predicted molar refractivity (Wildman–Crippen MR) is 116 cm³/mol. The molecule has 2 N–H and O–H groups in total. The number of methoxy groups -OCH3 is 1. The van der Waals surface area contributed by atoms with Crippen molar-refractivity contribution < 1.29 is 9.13 Å². The van der Waals surface area contributed by atoms with E-state index < -0.39 is 0 Å². The van der Waals surface area contributed by atoms with Crippen LogP contribution in [-0.4, -0.2) is 37.4 Å². The van der Waals surface area contributed by atoms with Gasteiger partial charge in [0, 0.05) is 37.3 Å². The van der Waals surface area contributed by atoms with E-state index in [0.717, 1.165) is 35.1 Å². The van der Waals surface area contributed by atoms with Gasteiger partial charge in [-0.1, -0.05) is 0 Å². The third kappa shape index (κ3) is 8.22. The molecule has 2 aromatic rings. The summed E-state index contributed by atoms with van der Waals surface area (Å²) in [5.74, 6) is 2.10. The number of benzene rings is 1. The Hall–Kier alpha value is -1.55. The number of aliphatic imine (C=N–C) groups is 1. The van der Waals surface area contributed by atoms with Gasteiger partial charge in [-0.15, -0.1) is 35.7 Å². The Morgan fingerprint density at radius 2 is 2.00 bits per heavy atom. The zero-order valence-electron chi connectivity index (χ0n) is 14.9. The van der Waals surface area contributed by atoms with Crippen molar-refractivity contribution in [3.05, 3.63) is 54.0 Å². The highest BCUT2D eigenvalue weighted by Gasteiger charge is 2.01. The largest absolute Gasteiger partial charge is 0.481 e. The minimum atomic E-state index is -0.201. The molecule has 26 heavy (non-hydrogen) atoms. The summed E-state index contributed by atoms with van der Waals surface area (Å²) in [6.45, 7) is 1.45. The number of hydrogen-bond acceptors (Lipinski definition) is 4. The third-order valence-electron chi connectivity index (χ3n) is 3.39. The molecule has 0 aliphatic heterocycles. The predicted octanol–water partition coefficient (Wildman–Crippen LogP) is 3.69. The first kappa shape index (κ1) is 22.5. The highest BCUT2D eigenvalue weighted by Crippen LogP contribution is 2.18. The summed E-state index contributed by atoms with van der Waals surface area (Å²) in [5.41, 5.74) is 1.07. The van der Waals surface area contributed by atoms with E-state index in [4.69, 9.17) is 4.74 Å². The van der Waals surface area contributed by atoms with Crippen LogP contribution in [0.25, 0.3) is 0 Å². The van der Waals surface area contributed by atoms with E-state index in [0.29, 0.717) is 12.4 Å². The van der Waals surface area contributed by atoms with Crippen LogP contribution in [0.5, 0.6) is 5.88 Å². The van der Waals surface area contributed by atoms with Gasteiger partial charge in [0.15, 0.2) is 5.96 Å². The van der Waals surface area contributed by atoms with Crippen LogP contribution in [-0.2, 0) is 6.54 Å². The molecular weight excluding hydrogens is 466 g/mol. The van der Waals surface area contributed by atoms with Gasteiger partial charge in [0.2, 0.25) is 5.88 Å². The van der Waals surface area contributed by atoms with Gasteiger partial charge in [0.05, 0.1) is 7.11 Å². The molecule has 5 nitrogen and oxygen atoms in total. The zero-order chi connectivity index (χ0) is 17.9. The number of nitrogens with one attached hydrogen (secondary N) is 2. The Morgan fingerprint density at radius 3 is 2.69 bits per heavy atom. The first-order valence-corrected chi connectivity index (χ1v) is 9.01. The smallest absolute Gasteiger partial charge is 0.213 e. The summed E-state index contributed by atoms with van der Waals surface area (Å²) in [6, 6.07) is 10.4. The highest BCUT2D eigenvalue weighted by atomic mass is 127. The van der Waals surface area contributed by atoms with Gasteiger partial charge < -0.3 is 15.4 Å². The Morgan fingerprint density at radius 1 is 1.23 bits per heavy atom. The Balaban J connectivity index is 0.00000338. The molecule has 0 saturated carbocycles. The summed E-state index contributed by atoms with van der Waals surface area (Å²) in [7, 11) is 3.35. The molecule has 0 atom stereocenters. The van der Waals surface area contributed by atoms with Crippen molar-refractivity contribution in [1.29, 1.82) is 0 Å². The van der Waals surface area contributed by atoms with E-state index in [2.05, 4.69) is 20.6 Å². The SMILES string of the molecule is CN=C(NCCCSc1ccc(F)cc1)NCc1ccnc(OC)c1.I. The van der Waals surface area contributed by atoms with Gasteiger partial charge >= 0.3 is 0 Å². The summed E-state index contributed by atoms with van der Waals surface area (Å²) in [6.07, 6.45) is 2.70. The minimum Gasteiger partial charge on any atom is -0.481 e. The molecule has 0 unspecified atom stereocenters. The molecule has 142 valence electrons. The molecule has 1 aromatic carbocycles. The third-order valence-corrected chi connectivity index (χ3v) is 4.49. The molecule has 0 saturated heterocycles. The van der Waals surface area contributed by atoms with Crippen LogP contribution in [0.2, 0.25) is 0 Å². The summed E-state index contributed by atoms with van der Waals surface area (Å²) in [4.78, 5) is 9.38. The van der Waals surface area contributed by atoms with Crippen molar-refractivity contribution in [3.8, 4) is 5.88 Å². The van der Waals surface area contributed by atoms with Crippen molar-refractivity contribution in [3.63, 3.8) is 0 Å². The average molecular weight is 490 g/mol. The van der Waals surface area contributed by atoms with E-state index in [9.17, 15) is 4.39 Å². The van der Waals surface area contributed by atoms with Crippen molar-refractivity contribution in [1.82, 2.24) is 15.6 Å². The number of ether oxygens (including phenoxy) is 1. The van der Waals surface area contributed by atoms with Crippen molar-refractivity contribution in [2.24, 2.45) is 4.99 Å². The van der Waals surface area contributed by atoms with Crippen LogP contribution in [0.3, 0.4) is 0 Å². The molecule has 0 amide bonds. The molecule has 1 aromatic heterocycles. The van der Waals surface area contributed by atoms with Crippen LogP contribution in [0, 0.1) is 5.82 Å². The van der Waals surface area contributed by atoms with E-state index in [-0.39, 0.29) is 29.8 Å². The lowest BCUT2D eigenvalue weighted by Gasteiger charge is -2.12. The molecule has 0 fully saturated rings. The van der Waals surface area contributed by atoms with Gasteiger partial charge in [-0.2, -0.15) is 0 Å². The second kappa shape index (κ2) is 12.7. The fourth-order valence-electron chi connectivity index (χ4n) is 2.08. The zero-order valence-corrected chi connectivity index (χ0v) is 18.0. The van der Waals surface area contributed by atoms with Crippen LogP contribution in [0.4, 0.5) is 4.39 Å². The standard InChI is InChI=1S/C18H23FN4OS.HI/c1-20-18(23-13-14-8-10-21-17(12-14)24-2)22-9-3-11-25-16-6-4-15(19)5-7-16;/h4-8,10,12H,3,9,11,13H2,1-2H3,(H2,20,22,23);1H. The lowest BCUT2D eigenvalue weighted by molar-refractivity contribution is 0.397. The number of pyridine rings is 1. The maximum atomic E-state index is 12.8. The van der Waals surface area contributed by atoms with E-state index in [1.54, 1.807) is 44.2 Å². The molecule has 0 radical (unpaired) electrons. The molecule has 0 bridgehead atoms. The monoisotopic (exact) mass is 490 g/mol. The summed E-state index contributed by atoms with van der Waals surface area (Å²) >= 11 is 1.71. The van der Waals surface area contributed by atoms with E-state index in [1.165, 1.54) is 12.1 Å². The number of rotatable bonds is 8. The molecule has 1 heterocycles. The molecule has 2 rings (SSSR count). The van der Waals surface area contributed by atoms with Crippen molar-refractivity contribution in [2.45, 2.75) is 17.9 Å². The Bertz CT molecular complexity index is 685. The lowest BCUT2D eigenvalue weighted by atomic mass is 10.2. The van der Waals surface area contributed by atoms with Gasteiger partial charge in [0.25, 0.3) is 0 Å². The first-order chi connectivity index (χ1) is 12.2. The first-order valence-electron chi connectivity index (χ1n) is 8.03. The van der Waals surface area contributed by atoms with Crippen molar-refractivity contribution >= 4 is 41.7 Å². The van der Waals surface area contributed by atoms with Gasteiger partial charge in [0.1, 0.15) is 5.82 Å².